The summed E-state index contributed by atoms with van der Waals surface area (Å²) in [6, 6.07) is 6.51. The first kappa shape index (κ1) is 16.1. The van der Waals surface area contributed by atoms with E-state index in [1.165, 1.54) is 37.9 Å². The van der Waals surface area contributed by atoms with Crippen molar-refractivity contribution in [1.29, 1.82) is 0 Å². The molecule has 4 nitrogen and oxygen atoms in total. The van der Waals surface area contributed by atoms with Crippen LogP contribution in [0.3, 0.4) is 0 Å². The SMILES string of the molecule is COc1cc(CNC(C)CN2CCCCC2)cc(OC)c1. The first-order valence-corrected chi connectivity index (χ1v) is 7.89. The molecule has 0 amide bonds. The monoisotopic (exact) mass is 292 g/mol. The molecule has 4 heteroatoms. The lowest BCUT2D eigenvalue weighted by Crippen LogP contribution is -2.41. The molecule has 1 aliphatic rings. The van der Waals surface area contributed by atoms with Gasteiger partial charge in [0.15, 0.2) is 0 Å². The van der Waals surface area contributed by atoms with Crippen molar-refractivity contribution in [2.24, 2.45) is 0 Å². The van der Waals surface area contributed by atoms with Crippen LogP contribution in [0.15, 0.2) is 18.2 Å². The topological polar surface area (TPSA) is 33.7 Å². The molecule has 1 N–H and O–H groups in total. The van der Waals surface area contributed by atoms with Crippen LogP contribution in [0.2, 0.25) is 0 Å². The Balaban J connectivity index is 1.83. The van der Waals surface area contributed by atoms with E-state index in [4.69, 9.17) is 9.47 Å². The van der Waals surface area contributed by atoms with Gasteiger partial charge in [-0.3, -0.25) is 0 Å². The van der Waals surface area contributed by atoms with E-state index in [2.05, 4.69) is 29.3 Å². The van der Waals surface area contributed by atoms with Crippen molar-refractivity contribution >= 4 is 0 Å². The molecule has 0 bridgehead atoms. The quantitative estimate of drug-likeness (QED) is 0.838. The zero-order chi connectivity index (χ0) is 15.1. The van der Waals surface area contributed by atoms with Crippen LogP contribution in [0.4, 0.5) is 0 Å². The van der Waals surface area contributed by atoms with Crippen LogP contribution in [0.1, 0.15) is 31.7 Å². The number of hydrogen-bond acceptors (Lipinski definition) is 4. The Bertz CT molecular complexity index is 409. The Labute approximate surface area is 128 Å². The molecular formula is C17H28N2O2. The van der Waals surface area contributed by atoms with Crippen molar-refractivity contribution in [1.82, 2.24) is 10.2 Å². The summed E-state index contributed by atoms with van der Waals surface area (Å²) in [5, 5.41) is 3.60. The highest BCUT2D eigenvalue weighted by Crippen LogP contribution is 2.22. The second-order valence-corrected chi connectivity index (χ2v) is 5.86. The van der Waals surface area contributed by atoms with E-state index >= 15 is 0 Å². The Morgan fingerprint density at radius 1 is 1.05 bits per heavy atom. The number of likely N-dealkylation sites (tertiary alicyclic amines) is 1. The second kappa shape index (κ2) is 8.25. The molecular weight excluding hydrogens is 264 g/mol. The minimum Gasteiger partial charge on any atom is -0.497 e. The van der Waals surface area contributed by atoms with Crippen LogP contribution in [0, 0.1) is 0 Å². The molecule has 1 saturated heterocycles. The fourth-order valence-electron chi connectivity index (χ4n) is 2.85. The van der Waals surface area contributed by atoms with E-state index < -0.39 is 0 Å². The zero-order valence-corrected chi connectivity index (χ0v) is 13.5. The molecule has 1 aromatic rings. The lowest BCUT2D eigenvalue weighted by Gasteiger charge is -2.29. The molecule has 1 unspecified atom stereocenters. The first-order chi connectivity index (χ1) is 10.2. The van der Waals surface area contributed by atoms with Crippen LogP contribution >= 0.6 is 0 Å². The number of hydrogen-bond donors (Lipinski definition) is 1. The predicted molar refractivity (Wildman–Crippen MR) is 86.1 cm³/mol. The third-order valence-corrected chi connectivity index (χ3v) is 4.05. The number of rotatable bonds is 7. The molecule has 1 aliphatic heterocycles. The van der Waals surface area contributed by atoms with Gasteiger partial charge in [0.05, 0.1) is 14.2 Å². The van der Waals surface area contributed by atoms with Crippen molar-refractivity contribution in [2.75, 3.05) is 33.9 Å². The van der Waals surface area contributed by atoms with Gasteiger partial charge in [0, 0.05) is 25.2 Å². The van der Waals surface area contributed by atoms with Crippen LogP contribution in [-0.4, -0.2) is 44.8 Å². The third-order valence-electron chi connectivity index (χ3n) is 4.05. The van der Waals surface area contributed by atoms with Gasteiger partial charge in [-0.2, -0.15) is 0 Å². The number of nitrogens with zero attached hydrogens (tertiary/aromatic N) is 1. The predicted octanol–water partition coefficient (Wildman–Crippen LogP) is 2.67. The molecule has 118 valence electrons. The highest BCUT2D eigenvalue weighted by Gasteiger charge is 2.13. The van der Waals surface area contributed by atoms with Crippen LogP contribution < -0.4 is 14.8 Å². The lowest BCUT2D eigenvalue weighted by molar-refractivity contribution is 0.209. The third kappa shape index (κ3) is 5.21. The highest BCUT2D eigenvalue weighted by atomic mass is 16.5. The molecule has 0 radical (unpaired) electrons. The minimum absolute atomic E-state index is 0.486. The van der Waals surface area contributed by atoms with Gasteiger partial charge >= 0.3 is 0 Å². The van der Waals surface area contributed by atoms with E-state index in [0.29, 0.717) is 6.04 Å². The number of methoxy groups -OCH3 is 2. The largest absolute Gasteiger partial charge is 0.497 e. The molecule has 1 atom stereocenters. The standard InChI is InChI=1S/C17H28N2O2/c1-14(13-19-7-5-4-6-8-19)18-12-15-9-16(20-2)11-17(10-15)21-3/h9-11,14,18H,4-8,12-13H2,1-3H3. The van der Waals surface area contributed by atoms with Gasteiger partial charge in [0.1, 0.15) is 11.5 Å². The maximum absolute atomic E-state index is 5.31. The maximum Gasteiger partial charge on any atom is 0.122 e. The molecule has 0 saturated carbocycles. The van der Waals surface area contributed by atoms with Crippen LogP contribution in [0.5, 0.6) is 11.5 Å². The summed E-state index contributed by atoms with van der Waals surface area (Å²) in [7, 11) is 3.37. The Hall–Kier alpha value is -1.26. The van der Waals surface area contributed by atoms with E-state index in [-0.39, 0.29) is 0 Å². The van der Waals surface area contributed by atoms with Gasteiger partial charge in [-0.15, -0.1) is 0 Å². The minimum atomic E-state index is 0.486. The van der Waals surface area contributed by atoms with E-state index in [1.54, 1.807) is 14.2 Å². The first-order valence-electron chi connectivity index (χ1n) is 7.89. The van der Waals surface area contributed by atoms with E-state index in [0.717, 1.165) is 24.6 Å². The number of piperidine rings is 1. The van der Waals surface area contributed by atoms with Crippen molar-refractivity contribution in [3.8, 4) is 11.5 Å². The van der Waals surface area contributed by atoms with Gasteiger partial charge in [-0.25, -0.2) is 0 Å². The molecule has 1 heterocycles. The van der Waals surface area contributed by atoms with Gasteiger partial charge < -0.3 is 19.7 Å². The van der Waals surface area contributed by atoms with E-state index in [9.17, 15) is 0 Å². The van der Waals surface area contributed by atoms with Crippen molar-refractivity contribution in [3.05, 3.63) is 23.8 Å². The number of nitrogens with one attached hydrogen (secondary N) is 1. The smallest absolute Gasteiger partial charge is 0.122 e. The van der Waals surface area contributed by atoms with Crippen molar-refractivity contribution in [2.45, 2.75) is 38.8 Å². The molecule has 0 aliphatic carbocycles. The molecule has 0 spiro atoms. The summed E-state index contributed by atoms with van der Waals surface area (Å²) < 4.78 is 10.6. The molecule has 2 rings (SSSR count). The second-order valence-electron chi connectivity index (χ2n) is 5.86. The summed E-state index contributed by atoms with van der Waals surface area (Å²) in [5.74, 6) is 1.68. The molecule has 0 aromatic heterocycles. The number of benzene rings is 1. The summed E-state index contributed by atoms with van der Waals surface area (Å²) >= 11 is 0. The molecule has 1 aromatic carbocycles. The van der Waals surface area contributed by atoms with Gasteiger partial charge in [0.25, 0.3) is 0 Å². The Morgan fingerprint density at radius 3 is 2.24 bits per heavy atom. The summed E-state index contributed by atoms with van der Waals surface area (Å²) in [4.78, 5) is 2.56. The summed E-state index contributed by atoms with van der Waals surface area (Å²) in [6.07, 6.45) is 4.08. The Kier molecular flexibility index (Phi) is 6.33. The lowest BCUT2D eigenvalue weighted by atomic mass is 10.1. The average Bonchev–Trinajstić information content (AvgIpc) is 2.53. The summed E-state index contributed by atoms with van der Waals surface area (Å²) in [5.41, 5.74) is 1.19. The zero-order valence-electron chi connectivity index (χ0n) is 13.5. The van der Waals surface area contributed by atoms with Gasteiger partial charge in [0.2, 0.25) is 0 Å². The fourth-order valence-corrected chi connectivity index (χ4v) is 2.85. The molecule has 1 fully saturated rings. The van der Waals surface area contributed by atoms with Crippen LogP contribution in [-0.2, 0) is 6.54 Å². The Morgan fingerprint density at radius 2 is 1.67 bits per heavy atom. The van der Waals surface area contributed by atoms with Crippen molar-refractivity contribution in [3.63, 3.8) is 0 Å². The van der Waals surface area contributed by atoms with Gasteiger partial charge in [-0.05, 0) is 50.6 Å². The average molecular weight is 292 g/mol. The van der Waals surface area contributed by atoms with E-state index in [1.807, 2.05) is 6.07 Å². The van der Waals surface area contributed by atoms with Gasteiger partial charge in [-0.1, -0.05) is 6.42 Å². The fraction of sp³-hybridized carbons (Fsp3) is 0.647. The number of ether oxygens (including phenoxy) is 2. The normalized spacial score (nSPS) is 17.5. The highest BCUT2D eigenvalue weighted by molar-refractivity contribution is 5.38. The van der Waals surface area contributed by atoms with Crippen molar-refractivity contribution < 1.29 is 9.47 Å². The molecule has 21 heavy (non-hydrogen) atoms. The summed E-state index contributed by atoms with van der Waals surface area (Å²) in [6.45, 7) is 6.72. The van der Waals surface area contributed by atoms with Crippen LogP contribution in [0.25, 0.3) is 0 Å². The maximum atomic E-state index is 5.31.